The Bertz CT molecular complexity index is 1510. The number of nitrogens with one attached hydrogen (secondary N) is 1. The number of halogens is 3. The third-order valence-electron chi connectivity index (χ3n) is 8.57. The van der Waals surface area contributed by atoms with Gasteiger partial charge in [0.05, 0.1) is 0 Å². The van der Waals surface area contributed by atoms with Crippen LogP contribution in [0.1, 0.15) is 50.8 Å². The number of aryl methyl sites for hydroxylation is 1. The van der Waals surface area contributed by atoms with E-state index in [1.54, 1.807) is 18.3 Å². The summed E-state index contributed by atoms with van der Waals surface area (Å²) in [5.41, 5.74) is 3.58. The minimum Gasteiger partial charge on any atom is -0.406 e. The summed E-state index contributed by atoms with van der Waals surface area (Å²) in [6.07, 6.45) is 5.20. The number of pyridine rings is 1. The molecule has 6 rings (SSSR count). The average Bonchev–Trinajstić information content (AvgIpc) is 3.44. The van der Waals surface area contributed by atoms with Crippen LogP contribution in [0.2, 0.25) is 0 Å². The molecule has 0 unspecified atom stereocenters. The van der Waals surface area contributed by atoms with Crippen molar-refractivity contribution in [2.24, 2.45) is 11.8 Å². The number of benzene rings is 2. The van der Waals surface area contributed by atoms with Crippen molar-refractivity contribution < 1.29 is 22.4 Å². The lowest BCUT2D eigenvalue weighted by Crippen LogP contribution is -2.39. The molecular weight excluding hydrogens is 555 g/mol. The molecule has 1 N–H and O–H groups in total. The third-order valence-corrected chi connectivity index (χ3v) is 8.57. The summed E-state index contributed by atoms with van der Waals surface area (Å²) in [6.45, 7) is 3.90. The molecule has 2 aliphatic rings. The normalized spacial score (nSPS) is 21.0. The van der Waals surface area contributed by atoms with E-state index in [2.05, 4.69) is 42.2 Å². The van der Waals surface area contributed by atoms with Gasteiger partial charge < -0.3 is 19.5 Å². The van der Waals surface area contributed by atoms with E-state index in [1.165, 1.54) is 49.9 Å². The largest absolute Gasteiger partial charge is 0.573 e. The van der Waals surface area contributed by atoms with Crippen molar-refractivity contribution in [3.05, 3.63) is 72.7 Å². The van der Waals surface area contributed by atoms with Crippen LogP contribution in [0.3, 0.4) is 0 Å². The Labute approximate surface area is 249 Å². The second-order valence-corrected chi connectivity index (χ2v) is 11.7. The molecule has 43 heavy (non-hydrogen) atoms. The average molecular weight is 592 g/mol. The first-order chi connectivity index (χ1) is 20.8. The van der Waals surface area contributed by atoms with Crippen LogP contribution in [-0.2, 0) is 0 Å². The number of ether oxygens (including phenoxy) is 1. The number of rotatable bonds is 8. The van der Waals surface area contributed by atoms with Crippen molar-refractivity contribution >= 4 is 11.5 Å². The van der Waals surface area contributed by atoms with Crippen LogP contribution >= 0.6 is 0 Å². The van der Waals surface area contributed by atoms with Gasteiger partial charge in [-0.15, -0.1) is 13.2 Å². The molecule has 0 bridgehead atoms. The maximum Gasteiger partial charge on any atom is 0.573 e. The number of hydrogen-bond donors (Lipinski definition) is 1. The second-order valence-electron chi connectivity index (χ2n) is 11.7. The van der Waals surface area contributed by atoms with Crippen molar-refractivity contribution in [3.8, 4) is 28.3 Å². The molecule has 2 fully saturated rings. The lowest BCUT2D eigenvalue weighted by atomic mass is 9.77. The van der Waals surface area contributed by atoms with Gasteiger partial charge in [-0.3, -0.25) is 0 Å². The molecule has 0 amide bonds. The molecule has 226 valence electrons. The molecule has 2 aromatic carbocycles. The molecule has 0 radical (unpaired) electrons. The van der Waals surface area contributed by atoms with Gasteiger partial charge in [-0.1, -0.05) is 30.1 Å². The highest BCUT2D eigenvalue weighted by atomic mass is 19.4. The Morgan fingerprint density at radius 1 is 0.953 bits per heavy atom. The highest BCUT2D eigenvalue weighted by molar-refractivity contribution is 5.67. The van der Waals surface area contributed by atoms with Crippen LogP contribution in [0.25, 0.3) is 22.6 Å². The van der Waals surface area contributed by atoms with Gasteiger partial charge in [-0.2, -0.15) is 4.98 Å². The molecule has 3 heterocycles. The van der Waals surface area contributed by atoms with Crippen molar-refractivity contribution in [2.45, 2.75) is 64.3 Å². The first kappa shape index (κ1) is 29.0. The lowest BCUT2D eigenvalue weighted by molar-refractivity contribution is -0.274. The molecular formula is C33H36F3N5O2. The topological polar surface area (TPSA) is 76.3 Å². The van der Waals surface area contributed by atoms with E-state index < -0.39 is 6.36 Å². The lowest BCUT2D eigenvalue weighted by Gasteiger charge is -2.39. The zero-order valence-corrected chi connectivity index (χ0v) is 24.2. The predicted molar refractivity (Wildman–Crippen MR) is 160 cm³/mol. The van der Waals surface area contributed by atoms with Crippen molar-refractivity contribution in [1.29, 1.82) is 0 Å². The number of piperidine rings is 1. The van der Waals surface area contributed by atoms with E-state index in [0.717, 1.165) is 42.9 Å². The van der Waals surface area contributed by atoms with Crippen LogP contribution < -0.4 is 15.0 Å². The fourth-order valence-electron chi connectivity index (χ4n) is 6.58. The maximum absolute atomic E-state index is 12.7. The molecule has 1 aliphatic carbocycles. The standard InChI is InChI=1S/C33H36F3N5O2/c1-22-38-32(43-40-22)24-11-13-28(14-12-24)41-17-5-6-23(21-41)18-27-7-2-3-10-30(27)39-31-20-26(15-16-37-31)25-8-4-9-29(19-25)42-33(34,35)36/h4,8-9,11-16,19-20,23,27,30H,2-3,5-7,10,17-18,21H2,1H3,(H,37,39)/t23-,27+,30-/m1/s1. The Hall–Kier alpha value is -4.08. The summed E-state index contributed by atoms with van der Waals surface area (Å²) < 4.78 is 47.6. The quantitative estimate of drug-likeness (QED) is 0.221. The van der Waals surface area contributed by atoms with Crippen LogP contribution in [0.15, 0.2) is 71.4 Å². The molecule has 0 spiro atoms. The molecule has 7 nitrogen and oxygen atoms in total. The van der Waals surface area contributed by atoms with Gasteiger partial charge in [-0.05, 0) is 111 Å². The monoisotopic (exact) mass is 591 g/mol. The Morgan fingerprint density at radius 2 is 1.77 bits per heavy atom. The maximum atomic E-state index is 12.7. The van der Waals surface area contributed by atoms with Crippen LogP contribution in [0.5, 0.6) is 5.75 Å². The van der Waals surface area contributed by atoms with Crippen LogP contribution in [0.4, 0.5) is 24.7 Å². The highest BCUT2D eigenvalue weighted by Crippen LogP contribution is 2.36. The number of alkyl halides is 3. The van der Waals surface area contributed by atoms with Gasteiger partial charge in [-0.25, -0.2) is 4.98 Å². The van der Waals surface area contributed by atoms with E-state index in [-0.39, 0.29) is 5.75 Å². The Kier molecular flexibility index (Phi) is 8.54. The van der Waals surface area contributed by atoms with Gasteiger partial charge in [0.2, 0.25) is 0 Å². The molecule has 1 saturated heterocycles. The number of hydrogen-bond acceptors (Lipinski definition) is 7. The fraction of sp³-hybridized carbons (Fsp3) is 0.424. The summed E-state index contributed by atoms with van der Waals surface area (Å²) >= 11 is 0. The van der Waals surface area contributed by atoms with Gasteiger partial charge in [0.15, 0.2) is 5.82 Å². The SMILES string of the molecule is Cc1noc(-c2ccc(N3CCC[C@H](C[C@@H]4CCCC[C@H]4Nc4cc(-c5cccc(OC(F)(F)F)c5)ccn4)C3)cc2)n1. The van der Waals surface area contributed by atoms with E-state index in [4.69, 9.17) is 4.52 Å². The minimum atomic E-state index is -4.73. The molecule has 3 atom stereocenters. The van der Waals surface area contributed by atoms with Gasteiger partial charge in [0, 0.05) is 36.6 Å². The summed E-state index contributed by atoms with van der Waals surface area (Å²) in [4.78, 5) is 11.4. The second kappa shape index (κ2) is 12.7. The van der Waals surface area contributed by atoms with E-state index in [1.807, 2.05) is 31.2 Å². The zero-order chi connectivity index (χ0) is 29.8. The number of aromatic nitrogens is 3. The smallest absolute Gasteiger partial charge is 0.406 e. The van der Waals surface area contributed by atoms with Crippen LogP contribution in [-0.4, -0.2) is 40.6 Å². The molecule has 1 aliphatic heterocycles. The zero-order valence-electron chi connectivity index (χ0n) is 24.2. The van der Waals surface area contributed by atoms with Crippen molar-refractivity contribution in [3.63, 3.8) is 0 Å². The highest BCUT2D eigenvalue weighted by Gasteiger charge is 2.32. The Morgan fingerprint density at radius 3 is 2.56 bits per heavy atom. The van der Waals surface area contributed by atoms with Crippen molar-refractivity contribution in [1.82, 2.24) is 15.1 Å². The number of nitrogens with zero attached hydrogens (tertiary/aromatic N) is 4. The van der Waals surface area contributed by atoms with Gasteiger partial charge in [0.25, 0.3) is 5.89 Å². The third kappa shape index (κ3) is 7.47. The summed E-state index contributed by atoms with van der Waals surface area (Å²) in [7, 11) is 0. The summed E-state index contributed by atoms with van der Waals surface area (Å²) in [6, 6.07) is 18.5. The minimum absolute atomic E-state index is 0.233. The molecule has 1 saturated carbocycles. The van der Waals surface area contributed by atoms with E-state index >= 15 is 0 Å². The molecule has 2 aromatic heterocycles. The van der Waals surface area contributed by atoms with Crippen molar-refractivity contribution in [2.75, 3.05) is 23.3 Å². The molecule has 10 heteroatoms. The Balaban J connectivity index is 1.09. The molecule has 4 aromatic rings. The summed E-state index contributed by atoms with van der Waals surface area (Å²) in [5.74, 6) is 2.83. The van der Waals surface area contributed by atoms with Gasteiger partial charge >= 0.3 is 6.36 Å². The first-order valence-electron chi connectivity index (χ1n) is 15.0. The van der Waals surface area contributed by atoms with E-state index in [9.17, 15) is 13.2 Å². The summed E-state index contributed by atoms with van der Waals surface area (Å²) in [5, 5.41) is 7.58. The first-order valence-corrected chi connectivity index (χ1v) is 15.0. The predicted octanol–water partition coefficient (Wildman–Crippen LogP) is 8.28. The van der Waals surface area contributed by atoms with E-state index in [0.29, 0.717) is 35.2 Å². The number of anilines is 2. The van der Waals surface area contributed by atoms with Crippen LogP contribution in [0, 0.1) is 18.8 Å². The van der Waals surface area contributed by atoms with Gasteiger partial charge in [0.1, 0.15) is 11.6 Å². The fourth-order valence-corrected chi connectivity index (χ4v) is 6.58.